The molecule has 3 rings (SSSR count). The highest BCUT2D eigenvalue weighted by atomic mass is 15.5. The van der Waals surface area contributed by atoms with E-state index in [4.69, 9.17) is 0 Å². The summed E-state index contributed by atoms with van der Waals surface area (Å²) in [5, 5.41) is 2.49. The van der Waals surface area contributed by atoms with E-state index in [1.54, 1.807) is 0 Å². The highest BCUT2D eigenvalue weighted by Crippen LogP contribution is 2.49. The molecule has 0 bridgehead atoms. The van der Waals surface area contributed by atoms with E-state index in [0.29, 0.717) is 0 Å². The molecule has 3 fully saturated rings. The van der Waals surface area contributed by atoms with Crippen molar-refractivity contribution in [3.63, 3.8) is 0 Å². The van der Waals surface area contributed by atoms with E-state index >= 15 is 0 Å². The number of piperidine rings is 1. The van der Waals surface area contributed by atoms with Gasteiger partial charge in [0, 0.05) is 19.1 Å². The fourth-order valence-corrected chi connectivity index (χ4v) is 3.33. The molecule has 1 N–H and O–H groups in total. The quantitative estimate of drug-likeness (QED) is 0.724. The van der Waals surface area contributed by atoms with E-state index in [1.165, 1.54) is 58.0 Å². The summed E-state index contributed by atoms with van der Waals surface area (Å²) >= 11 is 0. The van der Waals surface area contributed by atoms with Crippen molar-refractivity contribution in [3.8, 4) is 0 Å². The summed E-state index contributed by atoms with van der Waals surface area (Å²) in [6, 6.07) is 0.840. The zero-order valence-electron chi connectivity index (χ0n) is 9.04. The number of hydrazine groups is 1. The first kappa shape index (κ1) is 9.17. The Kier molecular flexibility index (Phi) is 2.50. The van der Waals surface area contributed by atoms with E-state index in [-0.39, 0.29) is 0 Å². The largest absolute Gasteiger partial charge is 0.252 e. The van der Waals surface area contributed by atoms with Gasteiger partial charge in [-0.05, 0) is 37.5 Å². The van der Waals surface area contributed by atoms with Gasteiger partial charge >= 0.3 is 0 Å². The minimum atomic E-state index is 0.840. The average molecular weight is 194 g/mol. The predicted molar refractivity (Wildman–Crippen MR) is 57.8 cm³/mol. The van der Waals surface area contributed by atoms with Crippen molar-refractivity contribution in [1.82, 2.24) is 10.4 Å². The minimum absolute atomic E-state index is 0.840. The van der Waals surface area contributed by atoms with Crippen molar-refractivity contribution in [1.29, 1.82) is 0 Å². The molecule has 0 spiro atoms. The molecule has 2 heteroatoms. The molecule has 0 aromatic rings. The molecule has 3 atom stereocenters. The summed E-state index contributed by atoms with van der Waals surface area (Å²) in [6.45, 7) is 2.57. The number of hydrogen-bond acceptors (Lipinski definition) is 2. The second-order valence-corrected chi connectivity index (χ2v) is 5.37. The summed E-state index contributed by atoms with van der Waals surface area (Å²) in [4.78, 5) is 0. The summed E-state index contributed by atoms with van der Waals surface area (Å²) in [6.07, 6.45) is 10.2. The van der Waals surface area contributed by atoms with Crippen molar-refractivity contribution < 1.29 is 0 Å². The maximum Gasteiger partial charge on any atom is 0.0246 e. The van der Waals surface area contributed by atoms with Gasteiger partial charge in [-0.1, -0.05) is 19.3 Å². The molecule has 0 radical (unpaired) electrons. The second kappa shape index (κ2) is 3.82. The summed E-state index contributed by atoms with van der Waals surface area (Å²) < 4.78 is 0. The lowest BCUT2D eigenvalue weighted by Crippen LogP contribution is -2.48. The number of nitrogens with zero attached hydrogens (tertiary/aromatic N) is 1. The van der Waals surface area contributed by atoms with E-state index in [1.807, 2.05) is 0 Å². The lowest BCUT2D eigenvalue weighted by molar-refractivity contribution is 0.109. The van der Waals surface area contributed by atoms with Gasteiger partial charge in [0.05, 0.1) is 0 Å². The maximum atomic E-state index is 3.78. The van der Waals surface area contributed by atoms with Gasteiger partial charge in [-0.25, -0.2) is 5.01 Å². The van der Waals surface area contributed by atoms with Crippen LogP contribution in [-0.4, -0.2) is 24.1 Å². The van der Waals surface area contributed by atoms with Crippen LogP contribution in [-0.2, 0) is 0 Å². The van der Waals surface area contributed by atoms with Gasteiger partial charge in [-0.3, -0.25) is 5.43 Å². The van der Waals surface area contributed by atoms with Crippen molar-refractivity contribution >= 4 is 0 Å². The number of rotatable bonds is 2. The Morgan fingerprint density at radius 3 is 2.64 bits per heavy atom. The highest BCUT2D eigenvalue weighted by Gasteiger charge is 2.45. The number of nitrogens with one attached hydrogen (secondary N) is 1. The molecule has 2 nitrogen and oxygen atoms in total. The van der Waals surface area contributed by atoms with Gasteiger partial charge in [0.15, 0.2) is 0 Å². The standard InChI is InChI=1S/C12H22N2/c1-2-7-14(8-3-1)13-12-6-4-5-10-9-11(10)12/h10-13H,1-9H2. The van der Waals surface area contributed by atoms with Gasteiger partial charge in [-0.15, -0.1) is 0 Å². The molecule has 3 aliphatic rings. The monoisotopic (exact) mass is 194 g/mol. The van der Waals surface area contributed by atoms with Crippen molar-refractivity contribution in [3.05, 3.63) is 0 Å². The molecule has 1 saturated heterocycles. The van der Waals surface area contributed by atoms with Crippen LogP contribution in [0.3, 0.4) is 0 Å². The van der Waals surface area contributed by atoms with Crippen LogP contribution in [0, 0.1) is 11.8 Å². The van der Waals surface area contributed by atoms with Crippen LogP contribution in [0.1, 0.15) is 44.9 Å². The third-order valence-corrected chi connectivity index (χ3v) is 4.29. The van der Waals surface area contributed by atoms with Gasteiger partial charge in [-0.2, -0.15) is 0 Å². The third-order valence-electron chi connectivity index (χ3n) is 4.29. The Morgan fingerprint density at radius 1 is 0.929 bits per heavy atom. The SMILES string of the molecule is C1CCN(NC2CCCC3CC32)CC1. The van der Waals surface area contributed by atoms with Gasteiger partial charge < -0.3 is 0 Å². The fraction of sp³-hybridized carbons (Fsp3) is 1.00. The first-order valence-electron chi connectivity index (χ1n) is 6.44. The molecular formula is C12H22N2. The van der Waals surface area contributed by atoms with Gasteiger partial charge in [0.25, 0.3) is 0 Å². The van der Waals surface area contributed by atoms with Crippen LogP contribution in [0.15, 0.2) is 0 Å². The van der Waals surface area contributed by atoms with Crippen LogP contribution >= 0.6 is 0 Å². The van der Waals surface area contributed by atoms with Gasteiger partial charge in [0.1, 0.15) is 0 Å². The topological polar surface area (TPSA) is 15.3 Å². The fourth-order valence-electron chi connectivity index (χ4n) is 3.33. The van der Waals surface area contributed by atoms with Crippen LogP contribution < -0.4 is 5.43 Å². The Morgan fingerprint density at radius 2 is 1.79 bits per heavy atom. The zero-order chi connectivity index (χ0) is 9.38. The summed E-state index contributed by atoms with van der Waals surface area (Å²) in [7, 11) is 0. The molecule has 1 aliphatic heterocycles. The molecule has 0 aromatic heterocycles. The van der Waals surface area contributed by atoms with Crippen molar-refractivity contribution in [2.24, 2.45) is 11.8 Å². The van der Waals surface area contributed by atoms with E-state index in [9.17, 15) is 0 Å². The highest BCUT2D eigenvalue weighted by molar-refractivity contribution is 4.97. The number of hydrogen-bond donors (Lipinski definition) is 1. The second-order valence-electron chi connectivity index (χ2n) is 5.37. The maximum absolute atomic E-state index is 3.78. The molecule has 2 saturated carbocycles. The first-order valence-corrected chi connectivity index (χ1v) is 6.44. The Balaban J connectivity index is 1.50. The molecule has 0 aromatic carbocycles. The van der Waals surface area contributed by atoms with E-state index in [0.717, 1.165) is 17.9 Å². The molecule has 80 valence electrons. The van der Waals surface area contributed by atoms with Crippen molar-refractivity contribution in [2.75, 3.05) is 13.1 Å². The predicted octanol–water partition coefficient (Wildman–Crippen LogP) is 2.17. The van der Waals surface area contributed by atoms with E-state index in [2.05, 4.69) is 10.4 Å². The first-order chi connectivity index (χ1) is 6.93. The average Bonchev–Trinajstić information content (AvgIpc) is 2.99. The molecule has 2 aliphatic carbocycles. The van der Waals surface area contributed by atoms with Crippen LogP contribution in [0.2, 0.25) is 0 Å². The molecule has 0 amide bonds. The normalized spacial score (nSPS) is 43.3. The Labute approximate surface area is 87.0 Å². The number of fused-ring (bicyclic) bond motifs is 1. The lowest BCUT2D eigenvalue weighted by atomic mass is 9.96. The molecular weight excluding hydrogens is 172 g/mol. The zero-order valence-corrected chi connectivity index (χ0v) is 9.04. The van der Waals surface area contributed by atoms with Gasteiger partial charge in [0.2, 0.25) is 0 Å². The lowest BCUT2D eigenvalue weighted by Gasteiger charge is -2.33. The Hall–Kier alpha value is -0.0800. The van der Waals surface area contributed by atoms with Crippen LogP contribution in [0.25, 0.3) is 0 Å². The summed E-state index contributed by atoms with van der Waals surface area (Å²) in [5.74, 6) is 2.15. The summed E-state index contributed by atoms with van der Waals surface area (Å²) in [5.41, 5.74) is 3.78. The Bertz CT molecular complexity index is 198. The van der Waals surface area contributed by atoms with E-state index < -0.39 is 0 Å². The van der Waals surface area contributed by atoms with Crippen LogP contribution in [0.4, 0.5) is 0 Å². The third kappa shape index (κ3) is 1.82. The minimum Gasteiger partial charge on any atom is -0.252 e. The smallest absolute Gasteiger partial charge is 0.0246 e. The molecule has 3 unspecified atom stereocenters. The van der Waals surface area contributed by atoms with Crippen LogP contribution in [0.5, 0.6) is 0 Å². The molecule has 1 heterocycles. The van der Waals surface area contributed by atoms with Crippen molar-refractivity contribution in [2.45, 2.75) is 51.0 Å². The molecule has 14 heavy (non-hydrogen) atoms.